The van der Waals surface area contributed by atoms with Crippen molar-refractivity contribution in [3.63, 3.8) is 0 Å². The fourth-order valence-corrected chi connectivity index (χ4v) is 9.10. The molecule has 3 atom stereocenters. The number of fused-ring (bicyclic) bond motifs is 2. The molecule has 4 aromatic rings. The molecule has 0 saturated carbocycles. The minimum Gasteiger partial charge on any atom is -0.444 e. The summed E-state index contributed by atoms with van der Waals surface area (Å²) in [6.07, 6.45) is 5.68. The normalized spacial score (nSPS) is 22.8. The van der Waals surface area contributed by atoms with Crippen LogP contribution in [0.5, 0.6) is 0 Å². The first-order chi connectivity index (χ1) is 27.6. The van der Waals surface area contributed by atoms with Crippen LogP contribution >= 0.6 is 0 Å². The number of benzene rings is 3. The van der Waals surface area contributed by atoms with Crippen molar-refractivity contribution in [1.29, 1.82) is 0 Å². The topological polar surface area (TPSA) is 121 Å². The summed E-state index contributed by atoms with van der Waals surface area (Å²) in [6.45, 7) is 18.0. The number of hydrogen-bond acceptors (Lipinski definition) is 8. The van der Waals surface area contributed by atoms with Crippen LogP contribution in [-0.4, -0.2) is 80.8 Å². The van der Waals surface area contributed by atoms with E-state index < -0.39 is 22.3 Å². The molecule has 11 heteroatoms. The van der Waals surface area contributed by atoms with Crippen LogP contribution in [0.2, 0.25) is 0 Å². The summed E-state index contributed by atoms with van der Waals surface area (Å²) in [5.41, 5.74) is 6.32. The van der Waals surface area contributed by atoms with Gasteiger partial charge in [-0.25, -0.2) is 14.6 Å². The number of rotatable bonds is 6. The zero-order chi connectivity index (χ0) is 41.0. The monoisotopic (exact) mass is 786 g/mol. The maximum atomic E-state index is 13.5. The van der Waals surface area contributed by atoms with Gasteiger partial charge in [-0.3, -0.25) is 14.8 Å². The molecular formula is C47H58N6O5. The van der Waals surface area contributed by atoms with Crippen LogP contribution in [-0.2, 0) is 19.7 Å². The molecule has 0 radical (unpaired) electrons. The molecule has 2 N–H and O–H groups in total. The average Bonchev–Trinajstić information content (AvgIpc) is 3.84. The smallest absolute Gasteiger partial charge is 0.411 e. The number of anilines is 1. The summed E-state index contributed by atoms with van der Waals surface area (Å²) in [5.74, 6) is 1.86. The third kappa shape index (κ3) is 7.49. The van der Waals surface area contributed by atoms with Crippen molar-refractivity contribution >= 4 is 23.7 Å². The van der Waals surface area contributed by atoms with Crippen molar-refractivity contribution in [2.45, 2.75) is 116 Å². The summed E-state index contributed by atoms with van der Waals surface area (Å²) in [6, 6.07) is 23.6. The van der Waals surface area contributed by atoms with Crippen molar-refractivity contribution in [3.8, 4) is 33.5 Å². The second-order valence-corrected chi connectivity index (χ2v) is 18.6. The molecule has 3 fully saturated rings. The van der Waals surface area contributed by atoms with Gasteiger partial charge in [0.25, 0.3) is 0 Å². The lowest BCUT2D eigenvalue weighted by Gasteiger charge is -2.47. The number of amides is 2. The quantitative estimate of drug-likeness (QED) is 0.200. The number of H-pyrrole nitrogens is 1. The Balaban J connectivity index is 0.994. The number of aliphatic imine (C=N–C) groups is 1. The van der Waals surface area contributed by atoms with Gasteiger partial charge in [-0.15, -0.1) is 0 Å². The molecule has 306 valence electrons. The number of piperidine rings is 1. The lowest BCUT2D eigenvalue weighted by atomic mass is 9.82. The van der Waals surface area contributed by atoms with Gasteiger partial charge in [-0.2, -0.15) is 0 Å². The first kappa shape index (κ1) is 39.7. The van der Waals surface area contributed by atoms with Crippen molar-refractivity contribution in [2.24, 2.45) is 10.9 Å². The van der Waals surface area contributed by atoms with E-state index in [9.17, 15) is 9.59 Å². The standard InChI is InChI=1S/C47H58N6O5/c1-9-47(23-11-25-53(47)43(55)58-45(6,7)8)41-50-37-26-35(21-22-36(37)46(51-41)28-56-29-46)33-15-13-31(14-16-33)32-17-19-34(20-18-32)38-27-48-40(49-38)39-30(2)12-10-24-52(39)42(54)57-44(3,4)5/h13-22,26-27,30,39H,9-12,23-25,28-29H2,1-8H3,(H,48,49)(H,50,51). The van der Waals surface area contributed by atoms with Crippen molar-refractivity contribution in [2.75, 3.05) is 31.6 Å². The highest BCUT2D eigenvalue weighted by Gasteiger charge is 2.53. The largest absolute Gasteiger partial charge is 0.444 e. The number of aromatic nitrogens is 2. The van der Waals surface area contributed by atoms with Gasteiger partial charge in [0.1, 0.15) is 33.9 Å². The van der Waals surface area contributed by atoms with Crippen LogP contribution in [0.4, 0.5) is 15.3 Å². The summed E-state index contributed by atoms with van der Waals surface area (Å²) < 4.78 is 17.4. The first-order valence-corrected chi connectivity index (χ1v) is 20.9. The number of ether oxygens (including phenoxy) is 3. The van der Waals surface area contributed by atoms with Gasteiger partial charge in [0.05, 0.1) is 31.1 Å². The highest BCUT2D eigenvalue weighted by atomic mass is 16.6. The number of nitrogens with zero attached hydrogens (tertiary/aromatic N) is 4. The predicted octanol–water partition coefficient (Wildman–Crippen LogP) is 10.3. The molecule has 0 aliphatic carbocycles. The molecule has 0 bridgehead atoms. The van der Waals surface area contributed by atoms with Crippen molar-refractivity contribution < 1.29 is 23.8 Å². The molecule has 1 aromatic heterocycles. The molecule has 4 aliphatic heterocycles. The second kappa shape index (κ2) is 14.9. The number of likely N-dealkylation sites (tertiary alicyclic amines) is 2. The number of aromatic amines is 1. The summed E-state index contributed by atoms with van der Waals surface area (Å²) in [7, 11) is 0. The van der Waals surface area contributed by atoms with E-state index in [1.807, 2.05) is 57.5 Å². The summed E-state index contributed by atoms with van der Waals surface area (Å²) in [5, 5.41) is 3.72. The van der Waals surface area contributed by atoms with E-state index in [1.165, 1.54) is 0 Å². The Labute approximate surface area is 342 Å². The van der Waals surface area contributed by atoms with Gasteiger partial charge in [0.15, 0.2) is 0 Å². The lowest BCUT2D eigenvalue weighted by molar-refractivity contribution is -0.0562. The Hall–Kier alpha value is -5.16. The number of carbonyl (C=O) groups excluding carboxylic acids is 2. The van der Waals surface area contributed by atoms with Crippen LogP contribution in [0, 0.1) is 5.92 Å². The molecule has 2 amide bonds. The van der Waals surface area contributed by atoms with Gasteiger partial charge in [0, 0.05) is 24.3 Å². The highest BCUT2D eigenvalue weighted by Crippen LogP contribution is 2.46. The van der Waals surface area contributed by atoms with E-state index in [-0.39, 0.29) is 24.1 Å². The van der Waals surface area contributed by atoms with Gasteiger partial charge in [-0.05, 0) is 113 Å². The second-order valence-electron chi connectivity index (χ2n) is 18.6. The third-order valence-corrected chi connectivity index (χ3v) is 12.1. The fraction of sp³-hybridized carbons (Fsp3) is 0.489. The molecule has 1 spiro atoms. The molecular weight excluding hydrogens is 729 g/mol. The number of amidine groups is 1. The maximum absolute atomic E-state index is 13.5. The van der Waals surface area contributed by atoms with Crippen molar-refractivity contribution in [1.82, 2.24) is 19.8 Å². The molecule has 4 aliphatic rings. The van der Waals surface area contributed by atoms with Gasteiger partial charge in [0.2, 0.25) is 0 Å². The SMILES string of the molecule is CCC1(C2=NC3(COC3)c3ccc(-c4ccc(-c5ccc(-c6cnc(C7C(C)CCCN7C(=O)OC(C)(C)C)[nH]6)cc5)cc4)cc3N2)CCCN1C(=O)OC(C)(C)C. The Morgan fingerprint density at radius 2 is 1.43 bits per heavy atom. The third-order valence-electron chi connectivity index (χ3n) is 12.1. The predicted molar refractivity (Wildman–Crippen MR) is 228 cm³/mol. The van der Waals surface area contributed by atoms with Crippen molar-refractivity contribution in [3.05, 3.63) is 84.3 Å². The maximum Gasteiger partial charge on any atom is 0.411 e. The number of carbonyl (C=O) groups is 2. The van der Waals surface area contributed by atoms with Crippen LogP contribution in [0.25, 0.3) is 33.5 Å². The van der Waals surface area contributed by atoms with Crippen LogP contribution in [0.1, 0.15) is 105 Å². The van der Waals surface area contributed by atoms with Crippen LogP contribution in [0.3, 0.4) is 0 Å². The molecule has 11 nitrogen and oxygen atoms in total. The molecule has 58 heavy (non-hydrogen) atoms. The number of hydrogen-bond donors (Lipinski definition) is 2. The van der Waals surface area contributed by atoms with E-state index in [2.05, 4.69) is 90.9 Å². The molecule has 8 rings (SSSR count). The molecule has 5 heterocycles. The lowest BCUT2D eigenvalue weighted by Crippen LogP contribution is -2.59. The zero-order valence-electron chi connectivity index (χ0n) is 35.3. The minimum absolute atomic E-state index is 0.167. The molecule has 3 aromatic carbocycles. The van der Waals surface area contributed by atoms with E-state index in [4.69, 9.17) is 24.2 Å². The van der Waals surface area contributed by atoms with Gasteiger partial charge < -0.3 is 24.5 Å². The summed E-state index contributed by atoms with van der Waals surface area (Å²) in [4.78, 5) is 44.1. The Kier molecular flexibility index (Phi) is 10.2. The Morgan fingerprint density at radius 3 is 2.03 bits per heavy atom. The van der Waals surface area contributed by atoms with Crippen LogP contribution in [0.15, 0.2) is 77.9 Å². The van der Waals surface area contributed by atoms with E-state index in [0.29, 0.717) is 26.3 Å². The Morgan fingerprint density at radius 1 is 0.828 bits per heavy atom. The van der Waals surface area contributed by atoms with E-state index >= 15 is 0 Å². The molecule has 3 saturated heterocycles. The van der Waals surface area contributed by atoms with Gasteiger partial charge in [-0.1, -0.05) is 74.5 Å². The Bertz CT molecular complexity index is 2190. The average molecular weight is 787 g/mol. The first-order valence-electron chi connectivity index (χ1n) is 20.9. The van der Waals surface area contributed by atoms with E-state index in [0.717, 1.165) is 88.5 Å². The van der Waals surface area contributed by atoms with Crippen LogP contribution < -0.4 is 5.32 Å². The minimum atomic E-state index is -0.585. The number of imidazole rings is 1. The van der Waals surface area contributed by atoms with E-state index in [1.54, 1.807) is 0 Å². The number of nitrogens with one attached hydrogen (secondary N) is 2. The highest BCUT2D eigenvalue weighted by molar-refractivity contribution is 6.07. The molecule has 3 unspecified atom stereocenters. The fourth-order valence-electron chi connectivity index (χ4n) is 9.10. The zero-order valence-corrected chi connectivity index (χ0v) is 35.3. The van der Waals surface area contributed by atoms with Gasteiger partial charge >= 0.3 is 12.2 Å². The summed E-state index contributed by atoms with van der Waals surface area (Å²) >= 11 is 0.